The zero-order valence-electron chi connectivity index (χ0n) is 10.7. The summed E-state index contributed by atoms with van der Waals surface area (Å²) in [4.78, 5) is 13.7. The predicted molar refractivity (Wildman–Crippen MR) is 68.5 cm³/mol. The zero-order valence-corrected chi connectivity index (χ0v) is 10.7. The highest BCUT2D eigenvalue weighted by atomic mass is 19.1. The molecule has 0 bridgehead atoms. The molecule has 98 valence electrons. The van der Waals surface area contributed by atoms with Crippen LogP contribution in [0.3, 0.4) is 0 Å². The minimum absolute atomic E-state index is 0.0775. The zero-order chi connectivity index (χ0) is 13.0. The fraction of sp³-hybridized carbons (Fsp3) is 0.500. The van der Waals surface area contributed by atoms with Crippen molar-refractivity contribution in [2.75, 3.05) is 13.1 Å². The van der Waals surface area contributed by atoms with E-state index in [0.29, 0.717) is 25.7 Å². The van der Waals surface area contributed by atoms with Crippen molar-refractivity contribution in [2.45, 2.75) is 32.4 Å². The maximum absolute atomic E-state index is 13.1. The lowest BCUT2D eigenvalue weighted by Crippen LogP contribution is -2.38. The van der Waals surface area contributed by atoms with Gasteiger partial charge in [-0.25, -0.2) is 4.39 Å². The molecule has 1 fully saturated rings. The first kappa shape index (κ1) is 13.0. The van der Waals surface area contributed by atoms with Gasteiger partial charge in [0.1, 0.15) is 5.82 Å². The van der Waals surface area contributed by atoms with Crippen molar-refractivity contribution in [1.82, 2.24) is 10.2 Å². The summed E-state index contributed by atoms with van der Waals surface area (Å²) in [6.45, 7) is 3.43. The molecule has 1 aromatic rings. The molecule has 3 nitrogen and oxygen atoms in total. The van der Waals surface area contributed by atoms with Gasteiger partial charge >= 0.3 is 0 Å². The van der Waals surface area contributed by atoms with Crippen LogP contribution in [0.5, 0.6) is 0 Å². The number of benzene rings is 1. The summed E-state index contributed by atoms with van der Waals surface area (Å²) in [7, 11) is 0. The van der Waals surface area contributed by atoms with Gasteiger partial charge < -0.3 is 10.2 Å². The van der Waals surface area contributed by atoms with E-state index in [9.17, 15) is 9.18 Å². The lowest BCUT2D eigenvalue weighted by atomic mass is 10.2. The summed E-state index contributed by atoms with van der Waals surface area (Å²) in [5, 5.41) is 3.20. The largest absolute Gasteiger partial charge is 0.338 e. The van der Waals surface area contributed by atoms with E-state index in [-0.39, 0.29) is 11.7 Å². The van der Waals surface area contributed by atoms with Gasteiger partial charge in [-0.1, -0.05) is 12.1 Å². The van der Waals surface area contributed by atoms with Crippen LogP contribution in [0.2, 0.25) is 0 Å². The summed E-state index contributed by atoms with van der Waals surface area (Å²) in [6.07, 6.45) is 2.34. The number of likely N-dealkylation sites (N-methyl/N-ethyl adjacent to an activating group) is 1. The van der Waals surface area contributed by atoms with Gasteiger partial charge in [-0.2, -0.15) is 0 Å². The van der Waals surface area contributed by atoms with Crippen LogP contribution in [0, 0.1) is 5.82 Å². The third-order valence-corrected chi connectivity index (χ3v) is 3.12. The predicted octanol–water partition coefficient (Wildman–Crippen LogP) is 1.93. The van der Waals surface area contributed by atoms with Gasteiger partial charge in [0.25, 0.3) is 0 Å². The second-order valence-corrected chi connectivity index (χ2v) is 4.69. The fourth-order valence-corrected chi connectivity index (χ4v) is 1.86. The van der Waals surface area contributed by atoms with Gasteiger partial charge in [-0.3, -0.25) is 4.79 Å². The smallest absolute Gasteiger partial charge is 0.236 e. The monoisotopic (exact) mass is 250 g/mol. The molecule has 2 rings (SSSR count). The summed E-state index contributed by atoms with van der Waals surface area (Å²) >= 11 is 0. The summed E-state index contributed by atoms with van der Waals surface area (Å²) in [6, 6.07) is 6.93. The number of nitrogens with zero attached hydrogens (tertiary/aromatic N) is 1. The molecule has 0 heterocycles. The number of nitrogens with one attached hydrogen (secondary N) is 1. The van der Waals surface area contributed by atoms with Gasteiger partial charge in [0, 0.05) is 19.1 Å². The van der Waals surface area contributed by atoms with Crippen molar-refractivity contribution in [3.05, 3.63) is 35.6 Å². The maximum atomic E-state index is 13.1. The lowest BCUT2D eigenvalue weighted by molar-refractivity contribution is -0.130. The Morgan fingerprint density at radius 3 is 2.89 bits per heavy atom. The first-order valence-corrected chi connectivity index (χ1v) is 6.44. The summed E-state index contributed by atoms with van der Waals surface area (Å²) in [5.74, 6) is -0.180. The van der Waals surface area contributed by atoms with Crippen molar-refractivity contribution >= 4 is 5.91 Å². The van der Waals surface area contributed by atoms with Crippen molar-refractivity contribution in [3.8, 4) is 0 Å². The van der Waals surface area contributed by atoms with Crippen LogP contribution in [0.25, 0.3) is 0 Å². The van der Waals surface area contributed by atoms with Crippen molar-refractivity contribution in [3.63, 3.8) is 0 Å². The van der Waals surface area contributed by atoms with Gasteiger partial charge in [0.05, 0.1) is 6.54 Å². The quantitative estimate of drug-likeness (QED) is 0.836. The van der Waals surface area contributed by atoms with E-state index in [1.807, 2.05) is 13.0 Å². The number of carbonyl (C=O) groups excluding carboxylic acids is 1. The number of halogens is 1. The van der Waals surface area contributed by atoms with E-state index in [1.165, 1.54) is 25.0 Å². The number of hydrogen-bond donors (Lipinski definition) is 1. The molecule has 0 aromatic heterocycles. The average molecular weight is 250 g/mol. The van der Waals surface area contributed by atoms with Gasteiger partial charge in [0.2, 0.25) is 5.91 Å². The fourth-order valence-electron chi connectivity index (χ4n) is 1.86. The molecule has 0 spiro atoms. The molecule has 1 aliphatic carbocycles. The molecule has 1 amide bonds. The van der Waals surface area contributed by atoms with Crippen LogP contribution in [0.1, 0.15) is 25.3 Å². The molecule has 4 heteroatoms. The average Bonchev–Trinajstić information content (AvgIpc) is 3.17. The highest BCUT2D eigenvalue weighted by Gasteiger charge is 2.22. The van der Waals surface area contributed by atoms with Gasteiger partial charge in [0.15, 0.2) is 0 Å². The van der Waals surface area contributed by atoms with E-state index in [4.69, 9.17) is 0 Å². The highest BCUT2D eigenvalue weighted by Crippen LogP contribution is 2.18. The minimum atomic E-state index is -0.257. The van der Waals surface area contributed by atoms with E-state index in [0.717, 1.165) is 5.56 Å². The van der Waals surface area contributed by atoms with Gasteiger partial charge in [-0.15, -0.1) is 0 Å². The first-order valence-electron chi connectivity index (χ1n) is 6.44. The molecule has 0 aliphatic heterocycles. The second kappa shape index (κ2) is 5.96. The van der Waals surface area contributed by atoms with Crippen LogP contribution < -0.4 is 5.32 Å². The molecule has 0 radical (unpaired) electrons. The molecule has 0 saturated heterocycles. The number of amides is 1. The third kappa shape index (κ3) is 3.81. The Bertz CT molecular complexity index is 418. The van der Waals surface area contributed by atoms with Crippen LogP contribution in [-0.2, 0) is 11.3 Å². The Labute approximate surface area is 107 Å². The number of carbonyl (C=O) groups is 1. The first-order chi connectivity index (χ1) is 8.69. The molecule has 0 unspecified atom stereocenters. The van der Waals surface area contributed by atoms with E-state index < -0.39 is 0 Å². The summed E-state index contributed by atoms with van der Waals surface area (Å²) < 4.78 is 13.1. The molecule has 1 N–H and O–H groups in total. The molecule has 0 atom stereocenters. The molecule has 1 aliphatic rings. The van der Waals surface area contributed by atoms with Crippen LogP contribution >= 0.6 is 0 Å². The molecular formula is C14H19FN2O. The SMILES string of the molecule is CCN(Cc1cccc(F)c1)C(=O)CNC1CC1. The van der Waals surface area contributed by atoms with Crippen LogP contribution in [0.15, 0.2) is 24.3 Å². The molecule has 1 saturated carbocycles. The Morgan fingerprint density at radius 2 is 2.28 bits per heavy atom. The minimum Gasteiger partial charge on any atom is -0.338 e. The second-order valence-electron chi connectivity index (χ2n) is 4.69. The summed E-state index contributed by atoms with van der Waals surface area (Å²) in [5.41, 5.74) is 0.830. The maximum Gasteiger partial charge on any atom is 0.236 e. The Morgan fingerprint density at radius 1 is 1.50 bits per heavy atom. The van der Waals surface area contributed by atoms with E-state index in [2.05, 4.69) is 5.32 Å². The Balaban J connectivity index is 1.88. The standard InChI is InChI=1S/C14H19FN2O/c1-2-17(14(18)9-16-13-6-7-13)10-11-4-3-5-12(15)8-11/h3-5,8,13,16H,2,6-7,9-10H2,1H3. The van der Waals surface area contributed by atoms with Crippen molar-refractivity contribution in [1.29, 1.82) is 0 Å². The Hall–Kier alpha value is -1.42. The van der Waals surface area contributed by atoms with Crippen LogP contribution in [0.4, 0.5) is 4.39 Å². The normalized spacial score (nSPS) is 14.6. The number of rotatable bonds is 6. The van der Waals surface area contributed by atoms with Crippen molar-refractivity contribution < 1.29 is 9.18 Å². The topological polar surface area (TPSA) is 32.3 Å². The molecule has 18 heavy (non-hydrogen) atoms. The third-order valence-electron chi connectivity index (χ3n) is 3.12. The van der Waals surface area contributed by atoms with Crippen molar-refractivity contribution in [2.24, 2.45) is 0 Å². The van der Waals surface area contributed by atoms with E-state index in [1.54, 1.807) is 11.0 Å². The lowest BCUT2D eigenvalue weighted by Gasteiger charge is -2.21. The van der Waals surface area contributed by atoms with Gasteiger partial charge in [-0.05, 0) is 37.5 Å². The molecule has 1 aromatic carbocycles. The number of hydrogen-bond acceptors (Lipinski definition) is 2. The Kier molecular flexibility index (Phi) is 4.31. The van der Waals surface area contributed by atoms with Crippen LogP contribution in [-0.4, -0.2) is 29.9 Å². The van der Waals surface area contributed by atoms with E-state index >= 15 is 0 Å². The highest BCUT2D eigenvalue weighted by molar-refractivity contribution is 5.78. The molecular weight excluding hydrogens is 231 g/mol.